The molecule has 1 aromatic heterocycles. The van der Waals surface area contributed by atoms with Crippen LogP contribution in [0, 0.1) is 5.82 Å². The molecule has 1 amide bonds. The molecule has 0 radical (unpaired) electrons. The highest BCUT2D eigenvalue weighted by Gasteiger charge is 2.38. The largest absolute Gasteiger partial charge is 0.324 e. The summed E-state index contributed by atoms with van der Waals surface area (Å²) in [6, 6.07) is 12.2. The molecule has 2 aliphatic heterocycles. The minimum absolute atomic E-state index is 0.0917. The van der Waals surface area contributed by atoms with E-state index in [-0.39, 0.29) is 35.5 Å². The van der Waals surface area contributed by atoms with E-state index in [4.69, 9.17) is 17.3 Å². The van der Waals surface area contributed by atoms with Gasteiger partial charge in [0.25, 0.3) is 5.92 Å². The molecule has 2 bridgehead atoms. The number of carbonyl (C=O) groups is 1. The molecule has 3 aromatic rings. The summed E-state index contributed by atoms with van der Waals surface area (Å²) in [5.41, 5.74) is 7.60. The maximum absolute atomic E-state index is 15.2. The zero-order chi connectivity index (χ0) is 31.6. The summed E-state index contributed by atoms with van der Waals surface area (Å²) in [4.78, 5) is 17.5. The Morgan fingerprint density at radius 1 is 1.18 bits per heavy atom. The highest BCUT2D eigenvalue weighted by Crippen LogP contribution is 2.32. The highest BCUT2D eigenvalue weighted by molar-refractivity contribution is 7.89. The van der Waals surface area contributed by atoms with Gasteiger partial charge in [0.1, 0.15) is 11.5 Å². The van der Waals surface area contributed by atoms with Gasteiger partial charge in [-0.15, -0.1) is 0 Å². The van der Waals surface area contributed by atoms with Crippen molar-refractivity contribution in [2.45, 2.75) is 62.6 Å². The van der Waals surface area contributed by atoms with E-state index >= 15 is 4.39 Å². The zero-order valence-electron chi connectivity index (χ0n) is 24.1. The Morgan fingerprint density at radius 3 is 2.59 bits per heavy atom. The molecule has 2 saturated heterocycles. The molecule has 13 heteroatoms. The van der Waals surface area contributed by atoms with E-state index in [0.717, 1.165) is 13.3 Å². The molecule has 8 nitrogen and oxygen atoms in total. The molecule has 236 valence electrons. The van der Waals surface area contributed by atoms with Crippen LogP contribution in [0.4, 0.5) is 18.9 Å². The van der Waals surface area contributed by atoms with Gasteiger partial charge in [-0.2, -0.15) is 13.1 Å². The topological polar surface area (TPSA) is 117 Å². The fourth-order valence-electron chi connectivity index (χ4n) is 5.98. The number of anilines is 1. The lowest BCUT2D eigenvalue weighted by molar-refractivity contribution is -0.117. The Bertz CT molecular complexity index is 1590. The number of alkyl halides is 2. The predicted octanol–water partition coefficient (Wildman–Crippen LogP) is 4.78. The number of benzene rings is 2. The van der Waals surface area contributed by atoms with Crippen LogP contribution in [0.1, 0.15) is 54.5 Å². The second kappa shape index (κ2) is 13.1. The minimum Gasteiger partial charge on any atom is -0.324 e. The van der Waals surface area contributed by atoms with E-state index < -0.39 is 45.3 Å². The Morgan fingerprint density at radius 2 is 1.91 bits per heavy atom. The van der Waals surface area contributed by atoms with E-state index in [1.54, 1.807) is 34.6 Å². The number of fused-ring (bicyclic) bond motifs is 2. The van der Waals surface area contributed by atoms with Crippen LogP contribution in [0.5, 0.6) is 0 Å². The summed E-state index contributed by atoms with van der Waals surface area (Å²) >= 11 is 6.07. The van der Waals surface area contributed by atoms with Crippen molar-refractivity contribution in [2.75, 3.05) is 24.2 Å². The number of rotatable bonds is 9. The van der Waals surface area contributed by atoms with Crippen LogP contribution in [0.15, 0.2) is 60.8 Å². The lowest BCUT2D eigenvalue weighted by atomic mass is 9.85. The molecule has 3 heterocycles. The first-order valence-electron chi connectivity index (χ1n) is 14.5. The van der Waals surface area contributed by atoms with Gasteiger partial charge < -0.3 is 16.4 Å². The molecule has 5 rings (SSSR count). The number of nitrogens with zero attached hydrogens (tertiary/aromatic N) is 2. The van der Waals surface area contributed by atoms with Gasteiger partial charge in [-0.25, -0.2) is 12.8 Å². The van der Waals surface area contributed by atoms with Crippen molar-refractivity contribution in [3.63, 3.8) is 0 Å². The number of pyridine rings is 1. The fraction of sp³-hybridized carbons (Fsp3) is 0.419. The first kappa shape index (κ1) is 32.4. The van der Waals surface area contributed by atoms with Crippen molar-refractivity contribution in [1.82, 2.24) is 14.6 Å². The van der Waals surface area contributed by atoms with Gasteiger partial charge in [0.15, 0.2) is 0 Å². The van der Waals surface area contributed by atoms with Crippen LogP contribution in [-0.4, -0.2) is 60.6 Å². The van der Waals surface area contributed by atoms with Crippen molar-refractivity contribution >= 4 is 33.2 Å². The number of nitrogens with one attached hydrogen (secondary N) is 2. The average molecular weight is 650 g/mol. The number of piperazine rings is 1. The molecule has 44 heavy (non-hydrogen) atoms. The van der Waals surface area contributed by atoms with E-state index in [2.05, 4.69) is 15.6 Å². The van der Waals surface area contributed by atoms with Crippen molar-refractivity contribution in [3.05, 3.63) is 94.0 Å². The van der Waals surface area contributed by atoms with Crippen molar-refractivity contribution < 1.29 is 26.4 Å². The van der Waals surface area contributed by atoms with E-state index in [9.17, 15) is 22.0 Å². The monoisotopic (exact) mass is 649 g/mol. The number of carbonyl (C=O) groups excluding carboxylic acids is 1. The smallest absolute Gasteiger partial charge is 0.286 e. The molecular formula is C31H35ClF3N5O3S. The quantitative estimate of drug-likeness (QED) is 0.307. The van der Waals surface area contributed by atoms with Crippen molar-refractivity contribution in [1.29, 1.82) is 0 Å². The van der Waals surface area contributed by atoms with Gasteiger partial charge in [0, 0.05) is 60.5 Å². The summed E-state index contributed by atoms with van der Waals surface area (Å²) in [5, 5.41) is 6.63. The van der Waals surface area contributed by atoms with E-state index in [1.807, 2.05) is 0 Å². The first-order chi connectivity index (χ1) is 20.8. The average Bonchev–Trinajstić information content (AvgIpc) is 3.09. The number of sulfonamides is 1. The lowest BCUT2D eigenvalue weighted by Gasteiger charge is -2.37. The van der Waals surface area contributed by atoms with Gasteiger partial charge in [0.2, 0.25) is 15.9 Å². The molecule has 3 unspecified atom stereocenters. The summed E-state index contributed by atoms with van der Waals surface area (Å²) < 4.78 is 70.1. The van der Waals surface area contributed by atoms with Crippen LogP contribution in [0.3, 0.4) is 0 Å². The third-order valence-electron chi connectivity index (χ3n) is 8.35. The normalized spacial score (nSPS) is 22.9. The van der Waals surface area contributed by atoms with Crippen LogP contribution < -0.4 is 16.4 Å². The standard InChI is InChI=1S/C31H35ClF3N5O3S/c1-31(34,35)27-14-9-20(16-38-27)28(19-7-10-21(32)11-8-19)29(36)30(41)39-26-6-2-5-25(33)24(26)13-12-23-17-37-22-4-3-15-44(42,43)40(23)18-22/h2,5-11,14,16,22-23,28-29,37H,3-4,12-13,15,17-18,36H2,1H3,(H,39,41)/t22-,23+,28?,29?/m1/s1. The van der Waals surface area contributed by atoms with Gasteiger partial charge in [-0.3, -0.25) is 9.78 Å². The van der Waals surface area contributed by atoms with Crippen LogP contribution in [0.2, 0.25) is 5.02 Å². The SMILES string of the molecule is CC(F)(F)c1ccc(C(c2ccc(Cl)cc2)C(N)C(=O)Nc2cccc(F)c2CC[C@H]2CN[C@@H]3CCCS(=O)(=O)N2C3)cn1. The highest BCUT2D eigenvalue weighted by atomic mass is 35.5. The number of hydrogen-bond donors (Lipinski definition) is 3. The minimum atomic E-state index is -3.41. The van der Waals surface area contributed by atoms with Crippen molar-refractivity contribution in [3.8, 4) is 0 Å². The molecule has 0 spiro atoms. The van der Waals surface area contributed by atoms with Crippen LogP contribution >= 0.6 is 11.6 Å². The molecule has 2 aromatic carbocycles. The number of hydrogen-bond acceptors (Lipinski definition) is 6. The van der Waals surface area contributed by atoms with E-state index in [1.165, 1.54) is 30.5 Å². The Hall–Kier alpha value is -3.03. The van der Waals surface area contributed by atoms with Gasteiger partial charge >= 0.3 is 0 Å². The van der Waals surface area contributed by atoms with Crippen molar-refractivity contribution in [2.24, 2.45) is 5.73 Å². The third-order valence-corrected chi connectivity index (χ3v) is 10.6. The van der Waals surface area contributed by atoms with E-state index in [0.29, 0.717) is 42.1 Å². The third kappa shape index (κ3) is 7.26. The summed E-state index contributed by atoms with van der Waals surface area (Å²) in [5.74, 6) is -5.00. The second-order valence-corrected chi connectivity index (χ2v) is 14.0. The predicted molar refractivity (Wildman–Crippen MR) is 164 cm³/mol. The first-order valence-corrected chi connectivity index (χ1v) is 16.5. The van der Waals surface area contributed by atoms with Crippen LogP contribution in [-0.2, 0) is 27.2 Å². The summed E-state index contributed by atoms with van der Waals surface area (Å²) in [6.45, 7) is 1.60. The molecule has 5 atom stereocenters. The van der Waals surface area contributed by atoms with Gasteiger partial charge in [0.05, 0.1) is 11.8 Å². The molecule has 4 N–H and O–H groups in total. The number of halogens is 4. The Labute approximate surface area is 260 Å². The number of amides is 1. The maximum atomic E-state index is 15.2. The van der Waals surface area contributed by atoms with Crippen LogP contribution in [0.25, 0.3) is 0 Å². The molecule has 0 aliphatic carbocycles. The Balaban J connectivity index is 1.37. The molecule has 2 fully saturated rings. The molecule has 0 saturated carbocycles. The summed E-state index contributed by atoms with van der Waals surface area (Å²) in [6.07, 6.45) is 3.18. The fourth-order valence-corrected chi connectivity index (χ4v) is 7.91. The molecular weight excluding hydrogens is 615 g/mol. The second-order valence-electron chi connectivity index (χ2n) is 11.5. The lowest BCUT2D eigenvalue weighted by Crippen LogP contribution is -2.57. The summed E-state index contributed by atoms with van der Waals surface area (Å²) in [7, 11) is -3.41. The number of aromatic nitrogens is 1. The number of nitrogens with two attached hydrogens (primary N) is 1. The molecule has 2 aliphatic rings. The maximum Gasteiger partial charge on any atom is 0.286 e. The zero-order valence-corrected chi connectivity index (χ0v) is 25.7. The van der Waals surface area contributed by atoms with Gasteiger partial charge in [-0.1, -0.05) is 35.9 Å². The Kier molecular flexibility index (Phi) is 9.66. The van der Waals surface area contributed by atoms with Gasteiger partial charge in [-0.05, 0) is 67.1 Å².